The summed E-state index contributed by atoms with van der Waals surface area (Å²) in [6.07, 6.45) is 24.2. The van der Waals surface area contributed by atoms with Gasteiger partial charge in [-0.25, -0.2) is 22.4 Å². The van der Waals surface area contributed by atoms with Crippen molar-refractivity contribution in [1.82, 2.24) is 48.3 Å². The second kappa shape index (κ2) is 19.7. The van der Waals surface area contributed by atoms with E-state index < -0.39 is 10.0 Å². The van der Waals surface area contributed by atoms with Crippen molar-refractivity contribution in [3.63, 3.8) is 0 Å². The zero-order valence-corrected chi connectivity index (χ0v) is 37.8. The monoisotopic (exact) mass is 874 g/mol. The molecule has 0 amide bonds. The van der Waals surface area contributed by atoms with Crippen molar-refractivity contribution in [2.75, 3.05) is 39.4 Å². The van der Waals surface area contributed by atoms with Gasteiger partial charge in [-0.2, -0.15) is 10.2 Å². The van der Waals surface area contributed by atoms with Gasteiger partial charge in [0.1, 0.15) is 5.65 Å². The zero-order valence-electron chi connectivity index (χ0n) is 37.0. The Kier molecular flexibility index (Phi) is 13.9. The van der Waals surface area contributed by atoms with Crippen molar-refractivity contribution in [1.29, 1.82) is 0 Å². The van der Waals surface area contributed by atoms with Crippen molar-refractivity contribution in [3.05, 3.63) is 103 Å². The average Bonchev–Trinajstić information content (AvgIpc) is 4.14. The molecule has 0 saturated heterocycles. The van der Waals surface area contributed by atoms with E-state index in [2.05, 4.69) is 55.9 Å². The first kappa shape index (κ1) is 44.4. The highest BCUT2D eigenvalue weighted by Crippen LogP contribution is 2.40. The number of H-pyrrole nitrogens is 1. The summed E-state index contributed by atoms with van der Waals surface area (Å²) < 4.78 is 31.9. The number of fused-ring (bicyclic) bond motifs is 2. The summed E-state index contributed by atoms with van der Waals surface area (Å²) in [4.78, 5) is 17.7. The number of aromatic nitrogens is 8. The molecule has 0 spiro atoms. The lowest BCUT2D eigenvalue weighted by atomic mass is 9.81. The van der Waals surface area contributed by atoms with Gasteiger partial charge in [-0.15, -0.1) is 0 Å². The van der Waals surface area contributed by atoms with Gasteiger partial charge in [0.25, 0.3) is 10.0 Å². The highest BCUT2D eigenvalue weighted by atomic mass is 32.2. The maximum Gasteiger partial charge on any atom is 0.269 e. The number of aliphatic hydroxyl groups is 2. The molecule has 1 aromatic carbocycles. The second-order valence-electron chi connectivity index (χ2n) is 17.2. The van der Waals surface area contributed by atoms with E-state index in [4.69, 9.17) is 4.98 Å². The first-order valence-corrected chi connectivity index (χ1v) is 24.0. The fourth-order valence-electron chi connectivity index (χ4n) is 10.0. The van der Waals surface area contributed by atoms with Gasteiger partial charge in [0.15, 0.2) is 5.65 Å². The van der Waals surface area contributed by atoms with Crippen molar-refractivity contribution >= 4 is 32.1 Å². The van der Waals surface area contributed by atoms with Gasteiger partial charge in [0.05, 0.1) is 30.5 Å². The van der Waals surface area contributed by atoms with E-state index in [-0.39, 0.29) is 18.1 Å². The number of pyridine rings is 2. The van der Waals surface area contributed by atoms with Crippen LogP contribution in [0.2, 0.25) is 0 Å². The lowest BCUT2D eigenvalue weighted by Gasteiger charge is -2.36. The molecule has 9 rings (SSSR count). The van der Waals surface area contributed by atoms with Crippen LogP contribution in [0.5, 0.6) is 0 Å². The summed E-state index contributed by atoms with van der Waals surface area (Å²) in [6.45, 7) is 8.24. The zero-order chi connectivity index (χ0) is 44.1. The molecule has 334 valence electrons. The first-order valence-electron chi connectivity index (χ1n) is 22.6. The molecule has 2 saturated carbocycles. The average molecular weight is 875 g/mol. The summed E-state index contributed by atoms with van der Waals surface area (Å²) in [5.41, 5.74) is 7.80. The molecule has 6 aromatic heterocycles. The van der Waals surface area contributed by atoms with Crippen molar-refractivity contribution in [3.8, 4) is 22.3 Å². The molecule has 14 nitrogen and oxygen atoms in total. The Balaban J connectivity index is 0.000000180. The van der Waals surface area contributed by atoms with Crippen LogP contribution in [0.15, 0.2) is 96.9 Å². The molecule has 2 aliphatic carbocycles. The molecule has 0 radical (unpaired) electrons. The van der Waals surface area contributed by atoms with Crippen LogP contribution in [0.3, 0.4) is 0 Å². The van der Waals surface area contributed by atoms with Gasteiger partial charge in [-0.05, 0) is 112 Å². The smallest absolute Gasteiger partial charge is 0.269 e. The third-order valence-electron chi connectivity index (χ3n) is 13.5. The number of nitrogens with one attached hydrogen (secondary N) is 1. The van der Waals surface area contributed by atoms with Gasteiger partial charge in [-0.3, -0.25) is 19.2 Å². The molecular weight excluding hydrogens is 813 g/mol. The van der Waals surface area contributed by atoms with Crippen LogP contribution in [0.25, 0.3) is 44.3 Å². The molecule has 0 atom stereocenters. The topological polar surface area (TPSA) is 163 Å². The number of aliphatic hydroxyl groups excluding tert-OH is 2. The molecule has 15 heteroatoms. The number of rotatable bonds is 14. The van der Waals surface area contributed by atoms with Crippen LogP contribution in [-0.2, 0) is 24.1 Å². The minimum Gasteiger partial charge on any atom is -0.395 e. The molecular formula is C48H62N10O4S. The van der Waals surface area contributed by atoms with E-state index in [1.54, 1.807) is 47.4 Å². The lowest BCUT2D eigenvalue weighted by molar-refractivity contribution is 0.125. The van der Waals surface area contributed by atoms with Crippen molar-refractivity contribution in [2.45, 2.75) is 94.0 Å². The predicted octanol–water partition coefficient (Wildman–Crippen LogP) is 7.32. The minimum atomic E-state index is -3.81. The van der Waals surface area contributed by atoms with Crippen molar-refractivity contribution in [2.24, 2.45) is 14.1 Å². The summed E-state index contributed by atoms with van der Waals surface area (Å²) in [7, 11) is -0.0174. The van der Waals surface area contributed by atoms with Gasteiger partial charge in [-0.1, -0.05) is 32.0 Å². The summed E-state index contributed by atoms with van der Waals surface area (Å²) in [6, 6.07) is 14.0. The molecule has 0 aliphatic heterocycles. The summed E-state index contributed by atoms with van der Waals surface area (Å²) in [5, 5.41) is 29.3. The van der Waals surface area contributed by atoms with Gasteiger partial charge < -0.3 is 15.2 Å². The Bertz CT molecular complexity index is 2690. The highest BCUT2D eigenvalue weighted by molar-refractivity contribution is 7.90. The number of likely N-dealkylation sites (N-methyl/N-ethyl adjacent to an activating group) is 2. The SMILES string of the molecule is CCN(CCO)C1CCC(c2cnc3[nH]cc(-c4cnn(C)c4)c3c2)CC1.CCN(CCO)C1CCC(c2cnc3c(c2)c(-c2cnn(C)c2)cn3S(=O)(=O)c2ccccc2)CC1. The van der Waals surface area contributed by atoms with E-state index in [1.165, 1.54) is 46.2 Å². The molecule has 3 N–H and O–H groups in total. The van der Waals surface area contributed by atoms with Gasteiger partial charge >= 0.3 is 0 Å². The molecule has 2 fully saturated rings. The third-order valence-corrected chi connectivity index (χ3v) is 15.1. The van der Waals surface area contributed by atoms with Crippen LogP contribution in [0.4, 0.5) is 0 Å². The standard InChI is InChI=1S/C27H33N5O3S.C21H29N5O/c1-3-31(13-14-33)23-11-9-20(10-12-23)21-15-25-26(22-17-29-30(2)18-22)19-32(27(25)28-16-21)36(34,35)24-7-5-4-6-8-24;1-3-26(8-9-27)18-6-4-15(5-7-18)16-10-19-20(13-23-21(19)22-11-16)17-12-24-25(2)14-17/h4-8,15-20,23,33H,3,9-14H2,1-2H3;10-15,18,27H,3-9H2,1-2H3,(H,22,23). The number of aromatic amines is 1. The van der Waals surface area contributed by atoms with E-state index >= 15 is 0 Å². The number of aryl methyl sites for hydroxylation is 2. The Labute approximate surface area is 370 Å². The summed E-state index contributed by atoms with van der Waals surface area (Å²) >= 11 is 0. The number of hydrogen-bond acceptors (Lipinski definition) is 10. The van der Waals surface area contributed by atoms with Gasteiger partial charge in [0, 0.05) is 109 Å². The maximum atomic E-state index is 13.5. The normalized spacial score (nSPS) is 19.6. The van der Waals surface area contributed by atoms with Crippen LogP contribution in [0, 0.1) is 0 Å². The predicted molar refractivity (Wildman–Crippen MR) is 248 cm³/mol. The quantitative estimate of drug-likeness (QED) is 0.101. The second-order valence-corrected chi connectivity index (χ2v) is 19.0. The van der Waals surface area contributed by atoms with E-state index in [0.717, 1.165) is 85.1 Å². The van der Waals surface area contributed by atoms with Gasteiger partial charge in [0.2, 0.25) is 0 Å². The molecule has 2 aliphatic rings. The fraction of sp³-hybridized carbons (Fsp3) is 0.458. The Morgan fingerprint density at radius 3 is 1.71 bits per heavy atom. The number of nitrogens with zero attached hydrogens (tertiary/aromatic N) is 9. The lowest BCUT2D eigenvalue weighted by Crippen LogP contribution is -2.39. The van der Waals surface area contributed by atoms with E-state index in [9.17, 15) is 18.6 Å². The van der Waals surface area contributed by atoms with Crippen LogP contribution >= 0.6 is 0 Å². The number of benzene rings is 1. The number of hydrogen-bond donors (Lipinski definition) is 3. The largest absolute Gasteiger partial charge is 0.395 e. The molecule has 6 heterocycles. The van der Waals surface area contributed by atoms with Crippen LogP contribution in [-0.4, -0.2) is 118 Å². The van der Waals surface area contributed by atoms with Crippen LogP contribution in [0.1, 0.15) is 88.2 Å². The Morgan fingerprint density at radius 2 is 1.21 bits per heavy atom. The third kappa shape index (κ3) is 9.53. The molecule has 7 aromatic rings. The Hall–Kier alpha value is -5.19. The summed E-state index contributed by atoms with van der Waals surface area (Å²) in [5.74, 6) is 0.949. The maximum absolute atomic E-state index is 13.5. The Morgan fingerprint density at radius 1 is 0.683 bits per heavy atom. The fourth-order valence-corrected chi connectivity index (χ4v) is 11.4. The van der Waals surface area contributed by atoms with Crippen molar-refractivity contribution < 1.29 is 18.6 Å². The van der Waals surface area contributed by atoms with Crippen LogP contribution < -0.4 is 0 Å². The first-order chi connectivity index (χ1) is 30.6. The molecule has 0 unspecified atom stereocenters. The van der Waals surface area contributed by atoms with E-state index in [0.29, 0.717) is 29.6 Å². The molecule has 63 heavy (non-hydrogen) atoms. The molecule has 0 bridgehead atoms. The minimum absolute atomic E-state index is 0.189. The highest BCUT2D eigenvalue weighted by Gasteiger charge is 2.29. The van der Waals surface area contributed by atoms with E-state index in [1.807, 2.05) is 56.0 Å².